The van der Waals surface area contributed by atoms with E-state index in [2.05, 4.69) is 4.74 Å². The van der Waals surface area contributed by atoms with Gasteiger partial charge in [0.25, 0.3) is 0 Å². The number of ether oxygens (including phenoxy) is 1. The lowest BCUT2D eigenvalue weighted by Gasteiger charge is -2.07. The van der Waals surface area contributed by atoms with Gasteiger partial charge in [-0.1, -0.05) is 0 Å². The molecular weight excluding hydrogens is 188 g/mol. The zero-order valence-electron chi connectivity index (χ0n) is 7.47. The number of methoxy groups -OCH3 is 1. The molecule has 1 aromatic carbocycles. The minimum Gasteiger partial charge on any atom is -0.507 e. The van der Waals surface area contributed by atoms with Crippen molar-refractivity contribution in [3.05, 3.63) is 29.3 Å². The van der Waals surface area contributed by atoms with Crippen LogP contribution in [0.25, 0.3) is 0 Å². The first-order valence-corrected chi connectivity index (χ1v) is 3.83. The number of benzene rings is 1. The molecule has 0 saturated carbocycles. The number of phenolic OH excluding ortho intramolecular Hbond substituents is 1. The van der Waals surface area contributed by atoms with Crippen LogP contribution in [-0.2, 0) is 4.74 Å². The molecule has 5 nitrogen and oxygen atoms in total. The Hall–Kier alpha value is -1.59. The highest BCUT2D eigenvalue weighted by Crippen LogP contribution is 2.23. The Morgan fingerprint density at radius 2 is 2.07 bits per heavy atom. The monoisotopic (exact) mass is 198 g/mol. The number of esters is 1. The first kappa shape index (κ1) is 10.5. The molecule has 0 amide bonds. The first-order chi connectivity index (χ1) is 6.56. The van der Waals surface area contributed by atoms with Crippen molar-refractivity contribution in [2.75, 3.05) is 7.11 Å². The summed E-state index contributed by atoms with van der Waals surface area (Å²) in [6.45, 7) is 0. The highest BCUT2D eigenvalue weighted by molar-refractivity contribution is 5.89. The van der Waals surface area contributed by atoms with Crippen LogP contribution in [0.15, 0.2) is 18.2 Å². The number of aliphatic hydroxyl groups is 2. The molecule has 0 aromatic heterocycles. The third-order valence-corrected chi connectivity index (χ3v) is 1.73. The van der Waals surface area contributed by atoms with E-state index in [4.69, 9.17) is 10.2 Å². The highest BCUT2D eigenvalue weighted by Gasteiger charge is 2.13. The maximum Gasteiger partial charge on any atom is 0.337 e. The number of carbonyl (C=O) groups excluding carboxylic acids is 1. The lowest BCUT2D eigenvalue weighted by atomic mass is 10.1. The highest BCUT2D eigenvalue weighted by atomic mass is 16.5. The van der Waals surface area contributed by atoms with Crippen LogP contribution in [0.3, 0.4) is 0 Å². The van der Waals surface area contributed by atoms with Crippen molar-refractivity contribution in [2.45, 2.75) is 6.29 Å². The Kier molecular flexibility index (Phi) is 3.06. The van der Waals surface area contributed by atoms with Gasteiger partial charge in [0, 0.05) is 5.56 Å². The van der Waals surface area contributed by atoms with E-state index in [1.54, 1.807) is 0 Å². The van der Waals surface area contributed by atoms with Gasteiger partial charge in [-0.2, -0.15) is 0 Å². The van der Waals surface area contributed by atoms with Gasteiger partial charge in [-0.15, -0.1) is 0 Å². The summed E-state index contributed by atoms with van der Waals surface area (Å²) in [6, 6.07) is 3.68. The first-order valence-electron chi connectivity index (χ1n) is 3.83. The lowest BCUT2D eigenvalue weighted by Crippen LogP contribution is -2.03. The summed E-state index contributed by atoms with van der Waals surface area (Å²) in [5.74, 6) is -0.889. The van der Waals surface area contributed by atoms with E-state index >= 15 is 0 Å². The van der Waals surface area contributed by atoms with Gasteiger partial charge in [-0.3, -0.25) is 0 Å². The maximum absolute atomic E-state index is 11.0. The summed E-state index contributed by atoms with van der Waals surface area (Å²) in [4.78, 5) is 11.0. The number of hydrogen-bond donors (Lipinski definition) is 3. The summed E-state index contributed by atoms with van der Waals surface area (Å²) in [5, 5.41) is 26.8. The van der Waals surface area contributed by atoms with Crippen molar-refractivity contribution in [3.8, 4) is 5.75 Å². The molecule has 14 heavy (non-hydrogen) atoms. The second-order valence-electron chi connectivity index (χ2n) is 2.64. The third-order valence-electron chi connectivity index (χ3n) is 1.73. The Labute approximate surface area is 80.2 Å². The lowest BCUT2D eigenvalue weighted by molar-refractivity contribution is -0.0439. The number of aromatic hydroxyl groups is 1. The minimum absolute atomic E-state index is 0.132. The SMILES string of the molecule is COC(=O)c1ccc(O)c(C(O)O)c1. The molecule has 0 aliphatic carbocycles. The van der Waals surface area contributed by atoms with Crippen LogP contribution in [-0.4, -0.2) is 28.4 Å². The van der Waals surface area contributed by atoms with E-state index < -0.39 is 12.3 Å². The van der Waals surface area contributed by atoms with Gasteiger partial charge in [0.2, 0.25) is 0 Å². The van der Waals surface area contributed by atoms with Crippen molar-refractivity contribution in [3.63, 3.8) is 0 Å². The molecule has 0 saturated heterocycles. The number of aliphatic hydroxyl groups excluding tert-OH is 1. The van der Waals surface area contributed by atoms with Gasteiger partial charge in [0.05, 0.1) is 12.7 Å². The van der Waals surface area contributed by atoms with Crippen molar-refractivity contribution >= 4 is 5.97 Å². The van der Waals surface area contributed by atoms with E-state index in [0.29, 0.717) is 0 Å². The van der Waals surface area contributed by atoms with Crippen molar-refractivity contribution in [2.24, 2.45) is 0 Å². The molecule has 0 spiro atoms. The second-order valence-corrected chi connectivity index (χ2v) is 2.64. The Morgan fingerprint density at radius 3 is 2.57 bits per heavy atom. The number of hydrogen-bond acceptors (Lipinski definition) is 5. The topological polar surface area (TPSA) is 87.0 Å². The molecule has 0 aliphatic rings. The minimum atomic E-state index is -1.82. The fourth-order valence-electron chi connectivity index (χ4n) is 1.01. The third kappa shape index (κ3) is 2.01. The summed E-state index contributed by atoms with van der Waals surface area (Å²) in [7, 11) is 1.21. The molecule has 3 N–H and O–H groups in total. The number of rotatable bonds is 2. The van der Waals surface area contributed by atoms with Crippen LogP contribution in [0.4, 0.5) is 0 Å². The molecule has 0 unspecified atom stereocenters. The molecule has 0 radical (unpaired) electrons. The van der Waals surface area contributed by atoms with Gasteiger partial charge in [-0.05, 0) is 18.2 Å². The summed E-state index contributed by atoms with van der Waals surface area (Å²) in [5.41, 5.74) is 0.0151. The van der Waals surface area contributed by atoms with Crippen LogP contribution in [0, 0.1) is 0 Å². The Balaban J connectivity index is 3.13. The molecule has 0 bridgehead atoms. The molecule has 0 aliphatic heterocycles. The molecule has 0 fully saturated rings. The quantitative estimate of drug-likeness (QED) is 0.465. The summed E-state index contributed by atoms with van der Waals surface area (Å²) < 4.78 is 4.43. The zero-order valence-corrected chi connectivity index (χ0v) is 7.47. The standard InChI is InChI=1S/C9H10O5/c1-14-9(13)5-2-3-7(10)6(4-5)8(11)12/h2-4,8,10-12H,1H3. The smallest absolute Gasteiger partial charge is 0.337 e. The van der Waals surface area contributed by atoms with E-state index in [-0.39, 0.29) is 16.9 Å². The molecule has 1 aromatic rings. The zero-order chi connectivity index (χ0) is 10.7. The van der Waals surface area contributed by atoms with Crippen LogP contribution in [0.2, 0.25) is 0 Å². The summed E-state index contributed by atoms with van der Waals surface area (Å²) in [6.07, 6.45) is -1.82. The van der Waals surface area contributed by atoms with Crippen molar-refractivity contribution in [1.82, 2.24) is 0 Å². The second kappa shape index (κ2) is 4.08. The molecule has 76 valence electrons. The van der Waals surface area contributed by atoms with Gasteiger partial charge in [0.1, 0.15) is 5.75 Å². The van der Waals surface area contributed by atoms with Crippen LogP contribution in [0.5, 0.6) is 5.75 Å². The molecule has 1 rings (SSSR count). The predicted molar refractivity (Wildman–Crippen MR) is 46.6 cm³/mol. The van der Waals surface area contributed by atoms with Crippen molar-refractivity contribution < 1.29 is 24.9 Å². The largest absolute Gasteiger partial charge is 0.507 e. The van der Waals surface area contributed by atoms with E-state index in [1.165, 1.54) is 19.2 Å². The average molecular weight is 198 g/mol. The molecule has 0 atom stereocenters. The van der Waals surface area contributed by atoms with Crippen LogP contribution >= 0.6 is 0 Å². The molecule has 5 heteroatoms. The number of phenols is 1. The van der Waals surface area contributed by atoms with Gasteiger partial charge in [0.15, 0.2) is 6.29 Å². The normalized spacial score (nSPS) is 10.3. The van der Waals surface area contributed by atoms with Gasteiger partial charge < -0.3 is 20.1 Å². The van der Waals surface area contributed by atoms with E-state index in [0.717, 1.165) is 6.07 Å². The average Bonchev–Trinajstić information content (AvgIpc) is 2.17. The van der Waals surface area contributed by atoms with Crippen LogP contribution in [0.1, 0.15) is 22.2 Å². The molecule has 0 heterocycles. The van der Waals surface area contributed by atoms with E-state index in [9.17, 15) is 9.90 Å². The Morgan fingerprint density at radius 1 is 1.43 bits per heavy atom. The summed E-state index contributed by atoms with van der Waals surface area (Å²) >= 11 is 0. The molecular formula is C9H10O5. The fraction of sp³-hybridized carbons (Fsp3) is 0.222. The van der Waals surface area contributed by atoms with Crippen molar-refractivity contribution in [1.29, 1.82) is 0 Å². The predicted octanol–water partition coefficient (Wildman–Crippen LogP) is 0.162. The van der Waals surface area contributed by atoms with Crippen LogP contribution < -0.4 is 0 Å². The van der Waals surface area contributed by atoms with E-state index in [1.807, 2.05) is 0 Å². The maximum atomic E-state index is 11.0. The fourth-order valence-corrected chi connectivity index (χ4v) is 1.01. The Bertz CT molecular complexity index is 345. The van der Waals surface area contributed by atoms with Gasteiger partial charge in [-0.25, -0.2) is 4.79 Å². The number of carbonyl (C=O) groups is 1. The van der Waals surface area contributed by atoms with Gasteiger partial charge >= 0.3 is 5.97 Å².